The lowest BCUT2D eigenvalue weighted by Crippen LogP contribution is -2.48. The van der Waals surface area contributed by atoms with Crippen molar-refractivity contribution in [3.05, 3.63) is 52.1 Å². The number of carbonyl (C=O) groups excluding carboxylic acids is 2. The van der Waals surface area contributed by atoms with Gasteiger partial charge in [0, 0.05) is 44.7 Å². The van der Waals surface area contributed by atoms with Crippen molar-refractivity contribution in [2.75, 3.05) is 42.1 Å². The molecule has 0 aliphatic carbocycles. The highest BCUT2D eigenvalue weighted by atomic mass is 32.2. The Morgan fingerprint density at radius 2 is 1.79 bits per heavy atom. The topological polar surface area (TPSA) is 150 Å². The minimum Gasteiger partial charge on any atom is -0.506 e. The molecule has 1 heterocycles. The van der Waals surface area contributed by atoms with Crippen LogP contribution in [0.2, 0.25) is 0 Å². The van der Waals surface area contributed by atoms with E-state index in [2.05, 4.69) is 5.32 Å². The first-order valence-electron chi connectivity index (χ1n) is 10.2. The van der Waals surface area contributed by atoms with Crippen LogP contribution >= 0.6 is 0 Å². The Bertz CT molecular complexity index is 1210. The van der Waals surface area contributed by atoms with Crippen LogP contribution in [0.25, 0.3) is 0 Å². The van der Waals surface area contributed by atoms with Crippen LogP contribution in [0, 0.1) is 10.1 Å². The van der Waals surface area contributed by atoms with Gasteiger partial charge in [0.1, 0.15) is 11.4 Å². The van der Waals surface area contributed by atoms with E-state index in [1.54, 1.807) is 9.80 Å². The fourth-order valence-electron chi connectivity index (χ4n) is 3.51. The van der Waals surface area contributed by atoms with Crippen LogP contribution in [0.4, 0.5) is 17.1 Å². The quantitative estimate of drug-likeness (QED) is 0.365. The number of rotatable bonds is 6. The zero-order valence-electron chi connectivity index (χ0n) is 18.1. The molecule has 33 heavy (non-hydrogen) atoms. The van der Waals surface area contributed by atoms with Crippen LogP contribution in [0.1, 0.15) is 24.2 Å². The maximum atomic E-state index is 12.7. The van der Waals surface area contributed by atoms with Gasteiger partial charge in [-0.2, -0.15) is 0 Å². The van der Waals surface area contributed by atoms with E-state index < -0.39 is 20.7 Å². The third-order valence-electron chi connectivity index (χ3n) is 5.46. The lowest BCUT2D eigenvalue weighted by molar-refractivity contribution is -0.384. The van der Waals surface area contributed by atoms with E-state index in [0.717, 1.165) is 18.2 Å². The Hall–Kier alpha value is -3.67. The highest BCUT2D eigenvalue weighted by Crippen LogP contribution is 2.32. The molecule has 1 saturated heterocycles. The van der Waals surface area contributed by atoms with Crippen molar-refractivity contribution in [3.8, 4) is 5.75 Å². The summed E-state index contributed by atoms with van der Waals surface area (Å²) in [5.74, 6) is -1.30. The summed E-state index contributed by atoms with van der Waals surface area (Å²) in [6, 6.07) is 7.54. The second kappa shape index (κ2) is 9.45. The summed E-state index contributed by atoms with van der Waals surface area (Å²) in [5, 5.41) is 24.1. The third kappa shape index (κ3) is 5.22. The number of nitrogens with zero attached hydrogens (tertiary/aromatic N) is 3. The minimum atomic E-state index is -3.57. The van der Waals surface area contributed by atoms with Gasteiger partial charge in [0.2, 0.25) is 5.91 Å². The Morgan fingerprint density at radius 1 is 1.12 bits per heavy atom. The number of hydrogen-bond donors (Lipinski definition) is 2. The molecule has 0 unspecified atom stereocenters. The summed E-state index contributed by atoms with van der Waals surface area (Å²) >= 11 is 0. The smallest absolute Gasteiger partial charge is 0.293 e. The molecule has 1 fully saturated rings. The van der Waals surface area contributed by atoms with Crippen molar-refractivity contribution in [1.82, 2.24) is 4.90 Å². The first-order chi connectivity index (χ1) is 15.5. The highest BCUT2D eigenvalue weighted by molar-refractivity contribution is 7.91. The predicted molar refractivity (Wildman–Crippen MR) is 121 cm³/mol. The molecule has 0 atom stereocenters. The van der Waals surface area contributed by atoms with Crippen molar-refractivity contribution in [2.24, 2.45) is 0 Å². The SMILES string of the molecule is CCS(=O)(=O)c1ccc(O)c(NC(=O)c2ccc(N3CCN(C(C)=O)CC3)c([N+](=O)[O-])c2)c1. The number of benzene rings is 2. The largest absolute Gasteiger partial charge is 0.506 e. The summed E-state index contributed by atoms with van der Waals surface area (Å²) in [4.78, 5) is 38.7. The number of nitrogens with one attached hydrogen (secondary N) is 1. The van der Waals surface area contributed by atoms with E-state index in [0.29, 0.717) is 31.9 Å². The number of anilines is 2. The van der Waals surface area contributed by atoms with Gasteiger partial charge in [-0.15, -0.1) is 0 Å². The van der Waals surface area contributed by atoms with Crippen molar-refractivity contribution in [3.63, 3.8) is 0 Å². The molecule has 2 amide bonds. The Kier molecular flexibility index (Phi) is 6.86. The number of piperazine rings is 1. The maximum absolute atomic E-state index is 12.7. The molecule has 2 N–H and O–H groups in total. The summed E-state index contributed by atoms with van der Waals surface area (Å²) in [6.45, 7) is 4.64. The molecule has 2 aromatic carbocycles. The van der Waals surface area contributed by atoms with Gasteiger partial charge in [-0.3, -0.25) is 19.7 Å². The van der Waals surface area contributed by atoms with Crippen molar-refractivity contribution < 1.29 is 28.0 Å². The standard InChI is InChI=1S/C21H24N4O7S/c1-3-33(31,32)16-5-7-20(27)17(13-16)22-21(28)15-4-6-18(19(12-15)25(29)30)24-10-8-23(9-11-24)14(2)26/h4-7,12-13,27H,3,8-11H2,1-2H3,(H,22,28). The first kappa shape index (κ1) is 24.0. The Labute approximate surface area is 190 Å². The number of hydrogen-bond acceptors (Lipinski definition) is 8. The number of phenols is 1. The molecular weight excluding hydrogens is 452 g/mol. The van der Waals surface area contributed by atoms with Gasteiger partial charge in [0.05, 0.1) is 21.3 Å². The average molecular weight is 477 g/mol. The van der Waals surface area contributed by atoms with Gasteiger partial charge < -0.3 is 20.2 Å². The predicted octanol–water partition coefficient (Wildman–Crippen LogP) is 2.01. The summed E-state index contributed by atoms with van der Waals surface area (Å²) in [5.41, 5.74) is -0.0957. The lowest BCUT2D eigenvalue weighted by Gasteiger charge is -2.35. The Balaban J connectivity index is 1.85. The van der Waals surface area contributed by atoms with Crippen molar-refractivity contribution >= 4 is 38.7 Å². The molecule has 12 heteroatoms. The van der Waals surface area contributed by atoms with E-state index in [1.165, 1.54) is 32.0 Å². The molecule has 3 rings (SSSR count). The van der Waals surface area contributed by atoms with Gasteiger partial charge in [-0.25, -0.2) is 8.42 Å². The maximum Gasteiger partial charge on any atom is 0.293 e. The third-order valence-corrected chi connectivity index (χ3v) is 7.19. The molecule has 0 spiro atoms. The van der Waals surface area contributed by atoms with E-state index in [4.69, 9.17) is 0 Å². The van der Waals surface area contributed by atoms with Gasteiger partial charge >= 0.3 is 0 Å². The number of nitro benzene ring substituents is 1. The van der Waals surface area contributed by atoms with Gasteiger partial charge in [-0.1, -0.05) is 6.92 Å². The van der Waals surface area contributed by atoms with E-state index in [1.807, 2.05) is 0 Å². The Morgan fingerprint density at radius 3 is 2.36 bits per heavy atom. The van der Waals surface area contributed by atoms with Gasteiger partial charge in [0.25, 0.3) is 11.6 Å². The summed E-state index contributed by atoms with van der Waals surface area (Å²) < 4.78 is 24.2. The number of aromatic hydroxyl groups is 1. The van der Waals surface area contributed by atoms with Crippen LogP contribution in [0.3, 0.4) is 0 Å². The molecule has 1 aliphatic rings. The van der Waals surface area contributed by atoms with Crippen LogP contribution < -0.4 is 10.2 Å². The molecule has 2 aromatic rings. The van der Waals surface area contributed by atoms with Crippen LogP contribution in [-0.4, -0.2) is 67.1 Å². The first-order valence-corrected chi connectivity index (χ1v) is 11.8. The van der Waals surface area contributed by atoms with Crippen molar-refractivity contribution in [2.45, 2.75) is 18.7 Å². The van der Waals surface area contributed by atoms with Gasteiger partial charge in [0.15, 0.2) is 9.84 Å². The monoisotopic (exact) mass is 476 g/mol. The average Bonchev–Trinajstić information content (AvgIpc) is 2.79. The molecule has 0 saturated carbocycles. The van der Waals surface area contributed by atoms with Crippen LogP contribution in [0.5, 0.6) is 5.75 Å². The second-order valence-electron chi connectivity index (χ2n) is 7.49. The number of phenolic OH excluding ortho intramolecular Hbond substituents is 1. The lowest BCUT2D eigenvalue weighted by atomic mass is 10.1. The van der Waals surface area contributed by atoms with E-state index in [-0.39, 0.29) is 39.2 Å². The molecule has 11 nitrogen and oxygen atoms in total. The fourth-order valence-corrected chi connectivity index (χ4v) is 4.42. The molecule has 1 aliphatic heterocycles. The van der Waals surface area contributed by atoms with Gasteiger partial charge in [-0.05, 0) is 30.3 Å². The summed E-state index contributed by atoms with van der Waals surface area (Å²) in [6.07, 6.45) is 0. The van der Waals surface area contributed by atoms with E-state index >= 15 is 0 Å². The van der Waals surface area contributed by atoms with Crippen LogP contribution in [-0.2, 0) is 14.6 Å². The van der Waals surface area contributed by atoms with E-state index in [9.17, 15) is 33.2 Å². The zero-order chi connectivity index (χ0) is 24.3. The molecule has 0 bridgehead atoms. The van der Waals surface area contributed by atoms with Crippen molar-refractivity contribution in [1.29, 1.82) is 0 Å². The summed E-state index contributed by atoms with van der Waals surface area (Å²) in [7, 11) is -3.57. The second-order valence-corrected chi connectivity index (χ2v) is 9.77. The minimum absolute atomic E-state index is 0.0315. The molecule has 176 valence electrons. The molecular formula is C21H24N4O7S. The fraction of sp³-hybridized carbons (Fsp3) is 0.333. The highest BCUT2D eigenvalue weighted by Gasteiger charge is 2.26. The number of nitro groups is 1. The number of amides is 2. The molecule has 0 aromatic heterocycles. The molecule has 0 radical (unpaired) electrons. The number of sulfone groups is 1. The number of carbonyl (C=O) groups is 2. The zero-order valence-corrected chi connectivity index (χ0v) is 19.0. The normalized spacial score (nSPS) is 14.1. The van der Waals surface area contributed by atoms with Crippen LogP contribution in [0.15, 0.2) is 41.3 Å².